The Hall–Kier alpha value is -2.84. The highest BCUT2D eigenvalue weighted by molar-refractivity contribution is 5.70. The summed E-state index contributed by atoms with van der Waals surface area (Å²) in [7, 11) is 0. The maximum absolute atomic E-state index is 11.7. The molecule has 0 spiro atoms. The lowest BCUT2D eigenvalue weighted by Gasteiger charge is -2.13. The van der Waals surface area contributed by atoms with E-state index in [-0.39, 0.29) is 25.6 Å². The maximum Gasteiger partial charge on any atom is 0.307 e. The second kappa shape index (κ2) is 8.57. The van der Waals surface area contributed by atoms with Gasteiger partial charge in [0.2, 0.25) is 0 Å². The Bertz CT molecular complexity index is 680. The van der Waals surface area contributed by atoms with Crippen molar-refractivity contribution in [2.45, 2.75) is 19.1 Å². The molecule has 0 saturated carbocycles. The number of nitriles is 1. The average Bonchev–Trinajstić information content (AvgIpc) is 2.59. The first-order valence-corrected chi connectivity index (χ1v) is 7.25. The van der Waals surface area contributed by atoms with Crippen molar-refractivity contribution in [1.29, 1.82) is 5.26 Å². The summed E-state index contributed by atoms with van der Waals surface area (Å²) < 4.78 is 10.7. The summed E-state index contributed by atoms with van der Waals surface area (Å²) in [6, 6.07) is 17.8. The van der Waals surface area contributed by atoms with E-state index in [0.29, 0.717) is 11.3 Å². The van der Waals surface area contributed by atoms with Crippen LogP contribution >= 0.6 is 0 Å². The molecule has 5 nitrogen and oxygen atoms in total. The number of benzene rings is 2. The molecular formula is C18H18N2O3. The monoisotopic (exact) mass is 310 g/mol. The molecular weight excluding hydrogens is 292 g/mol. The molecule has 118 valence electrons. The van der Waals surface area contributed by atoms with E-state index in [0.717, 1.165) is 5.56 Å². The molecule has 2 N–H and O–H groups in total. The number of hydrogen-bond acceptors (Lipinski definition) is 5. The van der Waals surface area contributed by atoms with Crippen LogP contribution in [-0.4, -0.2) is 18.6 Å². The minimum atomic E-state index is -0.469. The summed E-state index contributed by atoms with van der Waals surface area (Å²) in [5.74, 6) is 0.188. The predicted octanol–water partition coefficient (Wildman–Crippen LogP) is 2.40. The third-order valence-corrected chi connectivity index (χ3v) is 3.10. The third kappa shape index (κ3) is 5.81. The summed E-state index contributed by atoms with van der Waals surface area (Å²) in [6.07, 6.45) is 0.0742. The Morgan fingerprint density at radius 2 is 1.96 bits per heavy atom. The lowest BCUT2D eigenvalue weighted by atomic mass is 10.2. The molecule has 0 unspecified atom stereocenters. The van der Waals surface area contributed by atoms with Crippen molar-refractivity contribution in [3.63, 3.8) is 0 Å². The summed E-state index contributed by atoms with van der Waals surface area (Å²) in [6.45, 7) is 0.410. The second-order valence-electron chi connectivity index (χ2n) is 5.06. The molecule has 5 heteroatoms. The Kier molecular flexibility index (Phi) is 6.16. The SMILES string of the molecule is N#Cc1cccc(OC[C@H](N)CC(=O)OCc2ccccc2)c1. The van der Waals surface area contributed by atoms with Gasteiger partial charge in [0.15, 0.2) is 0 Å². The number of ether oxygens (including phenoxy) is 2. The normalized spacial score (nSPS) is 11.3. The molecule has 0 aliphatic heterocycles. The zero-order chi connectivity index (χ0) is 16.5. The molecule has 2 aromatic carbocycles. The summed E-state index contributed by atoms with van der Waals surface area (Å²) >= 11 is 0. The molecule has 23 heavy (non-hydrogen) atoms. The Morgan fingerprint density at radius 3 is 2.70 bits per heavy atom. The van der Waals surface area contributed by atoms with E-state index in [1.807, 2.05) is 36.4 Å². The first kappa shape index (κ1) is 16.5. The van der Waals surface area contributed by atoms with Gasteiger partial charge in [0, 0.05) is 6.04 Å². The third-order valence-electron chi connectivity index (χ3n) is 3.10. The fourth-order valence-corrected chi connectivity index (χ4v) is 1.93. The fourth-order valence-electron chi connectivity index (χ4n) is 1.93. The molecule has 1 atom stereocenters. The van der Waals surface area contributed by atoms with Crippen molar-refractivity contribution in [1.82, 2.24) is 0 Å². The van der Waals surface area contributed by atoms with Crippen LogP contribution in [0.2, 0.25) is 0 Å². The Labute approximate surface area is 135 Å². The van der Waals surface area contributed by atoms with Gasteiger partial charge in [-0.3, -0.25) is 4.79 Å². The molecule has 0 aromatic heterocycles. The van der Waals surface area contributed by atoms with E-state index in [9.17, 15) is 4.79 Å². The van der Waals surface area contributed by atoms with Gasteiger partial charge in [-0.1, -0.05) is 36.4 Å². The highest BCUT2D eigenvalue weighted by Crippen LogP contribution is 2.13. The van der Waals surface area contributed by atoms with Crippen molar-refractivity contribution < 1.29 is 14.3 Å². The van der Waals surface area contributed by atoms with Crippen LogP contribution in [0.25, 0.3) is 0 Å². The first-order chi connectivity index (χ1) is 11.2. The van der Waals surface area contributed by atoms with Gasteiger partial charge in [0.25, 0.3) is 0 Å². The topological polar surface area (TPSA) is 85.3 Å². The lowest BCUT2D eigenvalue weighted by Crippen LogP contribution is -2.31. The van der Waals surface area contributed by atoms with Crippen molar-refractivity contribution in [2.75, 3.05) is 6.61 Å². The molecule has 2 rings (SSSR count). The number of carbonyl (C=O) groups excluding carboxylic acids is 1. The van der Waals surface area contributed by atoms with Crippen LogP contribution in [0.5, 0.6) is 5.75 Å². The van der Waals surface area contributed by atoms with Crippen LogP contribution in [0.4, 0.5) is 0 Å². The van der Waals surface area contributed by atoms with Crippen molar-refractivity contribution >= 4 is 5.97 Å². The summed E-state index contributed by atoms with van der Waals surface area (Å²) in [5.41, 5.74) is 7.31. The van der Waals surface area contributed by atoms with Gasteiger partial charge >= 0.3 is 5.97 Å². The Balaban J connectivity index is 1.72. The zero-order valence-electron chi connectivity index (χ0n) is 12.6. The molecule has 0 saturated heterocycles. The van der Waals surface area contributed by atoms with Gasteiger partial charge in [0.05, 0.1) is 18.1 Å². The van der Waals surface area contributed by atoms with Crippen LogP contribution in [0, 0.1) is 11.3 Å². The van der Waals surface area contributed by atoms with E-state index in [1.54, 1.807) is 24.3 Å². The molecule has 0 aliphatic rings. The minimum absolute atomic E-state index is 0.0742. The quantitative estimate of drug-likeness (QED) is 0.794. The van der Waals surface area contributed by atoms with Gasteiger partial charge in [0.1, 0.15) is 19.0 Å². The van der Waals surface area contributed by atoms with Crippen LogP contribution in [0.3, 0.4) is 0 Å². The van der Waals surface area contributed by atoms with E-state index in [4.69, 9.17) is 20.5 Å². The first-order valence-electron chi connectivity index (χ1n) is 7.25. The number of esters is 1. The highest BCUT2D eigenvalue weighted by atomic mass is 16.5. The van der Waals surface area contributed by atoms with Gasteiger partial charge in [-0.15, -0.1) is 0 Å². The molecule has 0 heterocycles. The van der Waals surface area contributed by atoms with Crippen LogP contribution in [-0.2, 0) is 16.1 Å². The molecule has 2 aromatic rings. The highest BCUT2D eigenvalue weighted by Gasteiger charge is 2.12. The van der Waals surface area contributed by atoms with E-state index >= 15 is 0 Å². The number of hydrogen-bond donors (Lipinski definition) is 1. The van der Waals surface area contributed by atoms with Gasteiger partial charge in [-0.2, -0.15) is 5.26 Å². The largest absolute Gasteiger partial charge is 0.492 e. The molecule has 0 fully saturated rings. The van der Waals surface area contributed by atoms with Crippen LogP contribution in [0.15, 0.2) is 54.6 Å². The number of nitrogens with two attached hydrogens (primary N) is 1. The lowest BCUT2D eigenvalue weighted by molar-refractivity contribution is -0.145. The van der Waals surface area contributed by atoms with Gasteiger partial charge < -0.3 is 15.2 Å². The van der Waals surface area contributed by atoms with Crippen molar-refractivity contribution in [3.05, 3.63) is 65.7 Å². The van der Waals surface area contributed by atoms with E-state index < -0.39 is 6.04 Å². The van der Waals surface area contributed by atoms with Crippen LogP contribution < -0.4 is 10.5 Å². The fraction of sp³-hybridized carbons (Fsp3) is 0.222. The van der Waals surface area contributed by atoms with E-state index in [1.165, 1.54) is 0 Å². The Morgan fingerprint density at radius 1 is 1.17 bits per heavy atom. The van der Waals surface area contributed by atoms with Gasteiger partial charge in [-0.05, 0) is 23.8 Å². The van der Waals surface area contributed by atoms with E-state index in [2.05, 4.69) is 0 Å². The van der Waals surface area contributed by atoms with Crippen molar-refractivity contribution in [2.24, 2.45) is 5.73 Å². The minimum Gasteiger partial charge on any atom is -0.492 e. The van der Waals surface area contributed by atoms with Gasteiger partial charge in [-0.25, -0.2) is 0 Å². The summed E-state index contributed by atoms with van der Waals surface area (Å²) in [5, 5.41) is 8.82. The number of nitrogens with zero attached hydrogens (tertiary/aromatic N) is 1. The molecule has 0 bridgehead atoms. The van der Waals surface area contributed by atoms with Crippen molar-refractivity contribution in [3.8, 4) is 11.8 Å². The predicted molar refractivity (Wildman–Crippen MR) is 85.5 cm³/mol. The van der Waals surface area contributed by atoms with Crippen LogP contribution in [0.1, 0.15) is 17.5 Å². The zero-order valence-corrected chi connectivity index (χ0v) is 12.6. The molecule has 0 amide bonds. The molecule has 0 radical (unpaired) electrons. The number of rotatable bonds is 7. The smallest absolute Gasteiger partial charge is 0.307 e. The standard InChI is InChI=1S/C18H18N2O3/c19-11-15-7-4-8-17(9-15)22-13-16(20)10-18(21)23-12-14-5-2-1-3-6-14/h1-9,16H,10,12-13,20H2/t16-/m1/s1. The second-order valence-corrected chi connectivity index (χ2v) is 5.06. The summed E-state index contributed by atoms with van der Waals surface area (Å²) in [4.78, 5) is 11.7. The maximum atomic E-state index is 11.7. The number of carbonyl (C=O) groups is 1. The molecule has 0 aliphatic carbocycles. The average molecular weight is 310 g/mol.